The van der Waals surface area contributed by atoms with Crippen LogP contribution in [0.4, 0.5) is 15.1 Å². The fourth-order valence-corrected chi connectivity index (χ4v) is 4.79. The molecule has 2 N–H and O–H groups in total. The second kappa shape index (κ2) is 10.6. The second-order valence-electron chi connectivity index (χ2n) is 9.19. The van der Waals surface area contributed by atoms with Crippen LogP contribution < -0.4 is 10.2 Å². The molecule has 1 aliphatic heterocycles. The molecular weight excluding hydrogens is 495 g/mol. The molecule has 1 aliphatic rings. The Morgan fingerprint density at radius 3 is 2.35 bits per heavy atom. The van der Waals surface area contributed by atoms with Crippen molar-refractivity contribution >= 4 is 34.5 Å². The molecule has 1 amide bonds. The Morgan fingerprint density at radius 1 is 1.03 bits per heavy atom. The third kappa shape index (κ3) is 5.75. The molecule has 3 aromatic carbocycles. The van der Waals surface area contributed by atoms with Gasteiger partial charge in [0, 0.05) is 38.9 Å². The first-order valence-electron chi connectivity index (χ1n) is 12.1. The molecular formula is C28H26ClFN4O3. The smallest absolute Gasteiger partial charge is 0.407 e. The van der Waals surface area contributed by atoms with Gasteiger partial charge in [-0.3, -0.25) is 0 Å². The Kier molecular flexibility index (Phi) is 7.10. The van der Waals surface area contributed by atoms with Crippen LogP contribution in [-0.2, 0) is 17.7 Å². The Morgan fingerprint density at radius 2 is 1.68 bits per heavy atom. The molecule has 2 heterocycles. The number of piperidine rings is 1. The van der Waals surface area contributed by atoms with Gasteiger partial charge in [-0.2, -0.15) is 4.98 Å². The summed E-state index contributed by atoms with van der Waals surface area (Å²) in [6, 6.07) is 22.1. The third-order valence-electron chi connectivity index (χ3n) is 6.62. The molecule has 0 bridgehead atoms. The van der Waals surface area contributed by atoms with Crippen molar-refractivity contribution in [3.8, 4) is 5.88 Å². The minimum Gasteiger partial charge on any atom is -0.493 e. The molecule has 0 saturated carbocycles. The summed E-state index contributed by atoms with van der Waals surface area (Å²) >= 11 is 5.92. The van der Waals surface area contributed by atoms with E-state index in [1.165, 1.54) is 6.07 Å². The van der Waals surface area contributed by atoms with Crippen LogP contribution in [0.25, 0.3) is 10.9 Å². The summed E-state index contributed by atoms with van der Waals surface area (Å²) in [6.45, 7) is 1.37. The van der Waals surface area contributed by atoms with Crippen LogP contribution in [0, 0.1) is 5.82 Å². The minimum atomic E-state index is -0.718. The van der Waals surface area contributed by atoms with Crippen LogP contribution in [0.2, 0.25) is 5.02 Å². The van der Waals surface area contributed by atoms with E-state index in [4.69, 9.17) is 16.3 Å². The molecule has 37 heavy (non-hydrogen) atoms. The summed E-state index contributed by atoms with van der Waals surface area (Å²) in [5, 5.41) is 13.4. The highest BCUT2D eigenvalue weighted by Crippen LogP contribution is 2.34. The predicted octanol–water partition coefficient (Wildman–Crippen LogP) is 5.64. The van der Waals surface area contributed by atoms with Gasteiger partial charge in [0.2, 0.25) is 11.8 Å². The summed E-state index contributed by atoms with van der Waals surface area (Å²) in [5.74, 6) is -0.644. The van der Waals surface area contributed by atoms with E-state index in [9.17, 15) is 14.3 Å². The number of alkyl carbamates (subject to hydrolysis) is 1. The zero-order chi connectivity index (χ0) is 25.8. The number of nitrogens with zero attached hydrogens (tertiary/aromatic N) is 3. The average molecular weight is 521 g/mol. The Balaban J connectivity index is 1.33. The van der Waals surface area contributed by atoms with Crippen molar-refractivity contribution in [3.05, 3.63) is 94.8 Å². The van der Waals surface area contributed by atoms with Gasteiger partial charge in [0.25, 0.3) is 0 Å². The zero-order valence-electron chi connectivity index (χ0n) is 20.0. The molecule has 0 radical (unpaired) electrons. The fraction of sp³-hybridized carbons (Fsp3) is 0.250. The largest absolute Gasteiger partial charge is 0.493 e. The number of carbonyl (C=O) groups excluding carboxylic acids is 1. The van der Waals surface area contributed by atoms with E-state index in [2.05, 4.69) is 15.3 Å². The number of anilines is 1. The number of amides is 1. The third-order valence-corrected chi connectivity index (χ3v) is 6.91. The maximum absolute atomic E-state index is 13.8. The first kappa shape index (κ1) is 24.8. The van der Waals surface area contributed by atoms with E-state index in [-0.39, 0.29) is 16.3 Å². The van der Waals surface area contributed by atoms with Crippen molar-refractivity contribution in [1.82, 2.24) is 15.3 Å². The molecule has 1 fully saturated rings. The lowest BCUT2D eigenvalue weighted by molar-refractivity contribution is -0.00745. The molecule has 7 nitrogen and oxygen atoms in total. The highest BCUT2D eigenvalue weighted by Gasteiger charge is 2.39. The number of carbonyl (C=O) groups is 1. The molecule has 5 rings (SSSR count). The number of hydrogen-bond donors (Lipinski definition) is 2. The lowest BCUT2D eigenvalue weighted by Gasteiger charge is -2.41. The molecule has 9 heteroatoms. The Hall–Kier alpha value is -3.91. The van der Waals surface area contributed by atoms with Crippen LogP contribution >= 0.6 is 11.6 Å². The highest BCUT2D eigenvalue weighted by molar-refractivity contribution is 6.31. The van der Waals surface area contributed by atoms with Gasteiger partial charge in [0.1, 0.15) is 11.4 Å². The number of aromatic hydroxyl groups is 1. The summed E-state index contributed by atoms with van der Waals surface area (Å²) in [5.41, 5.74) is 1.69. The Bertz CT molecular complexity index is 1400. The average Bonchev–Trinajstić information content (AvgIpc) is 2.90. The molecule has 0 atom stereocenters. The van der Waals surface area contributed by atoms with Crippen molar-refractivity contribution < 1.29 is 19.0 Å². The van der Waals surface area contributed by atoms with Crippen LogP contribution in [-0.4, -0.2) is 39.9 Å². The van der Waals surface area contributed by atoms with E-state index in [1.807, 2.05) is 65.6 Å². The van der Waals surface area contributed by atoms with Gasteiger partial charge in [0.05, 0.1) is 15.9 Å². The second-order valence-corrected chi connectivity index (χ2v) is 9.60. The van der Waals surface area contributed by atoms with Crippen LogP contribution in [0.5, 0.6) is 5.88 Å². The van der Waals surface area contributed by atoms with Gasteiger partial charge in [0.15, 0.2) is 0 Å². The molecule has 190 valence electrons. The van der Waals surface area contributed by atoms with E-state index in [1.54, 1.807) is 0 Å². The van der Waals surface area contributed by atoms with E-state index in [0.717, 1.165) is 17.2 Å². The summed E-state index contributed by atoms with van der Waals surface area (Å²) in [4.78, 5) is 23.4. The highest BCUT2D eigenvalue weighted by atomic mass is 35.5. The number of halogens is 2. The normalized spacial score (nSPS) is 14.9. The first-order chi connectivity index (χ1) is 17.9. The molecule has 4 aromatic rings. The van der Waals surface area contributed by atoms with Crippen LogP contribution in [0.15, 0.2) is 72.8 Å². The summed E-state index contributed by atoms with van der Waals surface area (Å²) < 4.78 is 19.9. The number of nitrogens with one attached hydrogen (secondary N) is 1. The maximum Gasteiger partial charge on any atom is 0.407 e. The van der Waals surface area contributed by atoms with Crippen molar-refractivity contribution in [1.29, 1.82) is 0 Å². The molecule has 1 saturated heterocycles. The number of benzene rings is 3. The van der Waals surface area contributed by atoms with Crippen molar-refractivity contribution in [3.63, 3.8) is 0 Å². The quantitative estimate of drug-likeness (QED) is 0.342. The number of aromatic nitrogens is 2. The molecule has 0 spiro atoms. The van der Waals surface area contributed by atoms with Crippen LogP contribution in [0.1, 0.15) is 24.0 Å². The predicted molar refractivity (Wildman–Crippen MR) is 140 cm³/mol. The SMILES string of the molecule is O=C(NCc1ccccc1)OC1(Cc2ccccc2)CCN(c2nc(O)c3cc(F)c(Cl)cc3n2)CC1. The van der Waals surface area contributed by atoms with Crippen molar-refractivity contribution in [2.75, 3.05) is 18.0 Å². The first-order valence-corrected chi connectivity index (χ1v) is 12.4. The molecule has 1 aromatic heterocycles. The Labute approximate surface area is 218 Å². The van der Waals surface area contributed by atoms with E-state index in [0.29, 0.717) is 50.4 Å². The number of rotatable bonds is 6. The van der Waals surface area contributed by atoms with Gasteiger partial charge < -0.3 is 20.1 Å². The van der Waals surface area contributed by atoms with Gasteiger partial charge in [-0.05, 0) is 23.3 Å². The monoisotopic (exact) mass is 520 g/mol. The minimum absolute atomic E-state index is 0.0769. The number of hydrogen-bond acceptors (Lipinski definition) is 6. The van der Waals surface area contributed by atoms with Gasteiger partial charge in [-0.25, -0.2) is 14.2 Å². The molecule has 0 unspecified atom stereocenters. The van der Waals surface area contributed by atoms with Crippen molar-refractivity contribution in [2.45, 2.75) is 31.4 Å². The van der Waals surface area contributed by atoms with E-state index >= 15 is 0 Å². The zero-order valence-corrected chi connectivity index (χ0v) is 20.8. The van der Waals surface area contributed by atoms with Gasteiger partial charge in [-0.1, -0.05) is 72.3 Å². The number of ether oxygens (including phenoxy) is 1. The topological polar surface area (TPSA) is 87.6 Å². The number of fused-ring (bicyclic) bond motifs is 1. The summed E-state index contributed by atoms with van der Waals surface area (Å²) in [7, 11) is 0. The van der Waals surface area contributed by atoms with Gasteiger partial charge >= 0.3 is 6.09 Å². The summed E-state index contributed by atoms with van der Waals surface area (Å²) in [6.07, 6.45) is 1.17. The maximum atomic E-state index is 13.8. The van der Waals surface area contributed by atoms with Crippen molar-refractivity contribution in [2.24, 2.45) is 0 Å². The fourth-order valence-electron chi connectivity index (χ4n) is 4.64. The lowest BCUT2D eigenvalue weighted by atomic mass is 9.85. The lowest BCUT2D eigenvalue weighted by Crippen LogP contribution is -2.50. The van der Waals surface area contributed by atoms with Gasteiger partial charge in [-0.15, -0.1) is 0 Å². The standard InChI is InChI=1S/C28H26ClFN4O3/c29-22-16-24-21(15-23(22)30)25(35)33-26(32-24)34-13-11-28(12-14-34,17-19-7-3-1-4-8-19)37-27(36)31-18-20-9-5-2-6-10-20/h1-10,15-16H,11-14,17-18H2,(H,31,36)(H,32,33,35). The van der Waals surface area contributed by atoms with E-state index < -0.39 is 17.5 Å². The van der Waals surface area contributed by atoms with Crippen LogP contribution in [0.3, 0.4) is 0 Å². The molecule has 0 aliphatic carbocycles.